The van der Waals surface area contributed by atoms with E-state index in [2.05, 4.69) is 32.1 Å². The van der Waals surface area contributed by atoms with Crippen molar-refractivity contribution in [2.75, 3.05) is 26.2 Å². The van der Waals surface area contributed by atoms with Gasteiger partial charge in [-0.15, -0.1) is 0 Å². The van der Waals surface area contributed by atoms with E-state index in [0.29, 0.717) is 32.4 Å². The Labute approximate surface area is 198 Å². The summed E-state index contributed by atoms with van der Waals surface area (Å²) in [7, 11) is 0. The molecule has 2 saturated heterocycles. The minimum absolute atomic E-state index is 0.00844. The highest BCUT2D eigenvalue weighted by Gasteiger charge is 2.42. The highest BCUT2D eigenvalue weighted by atomic mass is 16.7. The lowest BCUT2D eigenvalue weighted by molar-refractivity contribution is -0.150. The number of aliphatic carboxylic acids is 1. The SMILES string of the molecule is O=C(CC1CCNO1)NC(CCCCNC1NCCN1)(NC(=O)OCc1ccccc1)C(=O)O. The molecule has 2 unspecified atom stereocenters. The first kappa shape index (κ1) is 25.8. The summed E-state index contributed by atoms with van der Waals surface area (Å²) in [5.41, 5.74) is 1.45. The van der Waals surface area contributed by atoms with Crippen LogP contribution in [-0.2, 0) is 25.8 Å². The van der Waals surface area contributed by atoms with Crippen molar-refractivity contribution in [1.29, 1.82) is 0 Å². The van der Waals surface area contributed by atoms with Gasteiger partial charge in [-0.05, 0) is 31.4 Å². The number of hydrogen-bond acceptors (Lipinski definition) is 9. The van der Waals surface area contributed by atoms with E-state index >= 15 is 0 Å². The molecule has 0 bridgehead atoms. The Balaban J connectivity index is 1.58. The largest absolute Gasteiger partial charge is 0.478 e. The summed E-state index contributed by atoms with van der Waals surface area (Å²) in [6.45, 7) is 2.98. The van der Waals surface area contributed by atoms with Gasteiger partial charge in [0, 0.05) is 26.1 Å². The van der Waals surface area contributed by atoms with Crippen molar-refractivity contribution in [3.63, 3.8) is 0 Å². The summed E-state index contributed by atoms with van der Waals surface area (Å²) >= 11 is 0. The van der Waals surface area contributed by atoms with Crippen LogP contribution in [0.2, 0.25) is 0 Å². The minimum Gasteiger partial charge on any atom is -0.478 e. The molecule has 0 spiro atoms. The van der Waals surface area contributed by atoms with E-state index in [9.17, 15) is 19.5 Å². The van der Waals surface area contributed by atoms with Gasteiger partial charge in [0.1, 0.15) is 12.9 Å². The lowest BCUT2D eigenvalue weighted by atomic mass is 10.0. The number of carbonyl (C=O) groups is 3. The molecule has 2 atom stereocenters. The van der Waals surface area contributed by atoms with Crippen LogP contribution in [0.15, 0.2) is 30.3 Å². The zero-order chi connectivity index (χ0) is 24.2. The Morgan fingerprint density at radius 2 is 1.85 bits per heavy atom. The lowest BCUT2D eigenvalue weighted by Crippen LogP contribution is -2.65. The molecule has 1 aromatic carbocycles. The minimum atomic E-state index is -2.00. The average molecular weight is 479 g/mol. The normalized spacial score (nSPS) is 19.9. The number of rotatable bonds is 13. The molecule has 12 nitrogen and oxygen atoms in total. The molecule has 2 aliphatic heterocycles. The first-order valence-corrected chi connectivity index (χ1v) is 11.6. The van der Waals surface area contributed by atoms with Crippen LogP contribution in [0.5, 0.6) is 0 Å². The zero-order valence-electron chi connectivity index (χ0n) is 19.1. The summed E-state index contributed by atoms with van der Waals surface area (Å²) in [6, 6.07) is 9.03. The van der Waals surface area contributed by atoms with Gasteiger partial charge in [-0.2, -0.15) is 0 Å². The van der Waals surface area contributed by atoms with E-state index in [1.165, 1.54) is 0 Å². The van der Waals surface area contributed by atoms with Gasteiger partial charge in [-0.3, -0.25) is 30.9 Å². The van der Waals surface area contributed by atoms with Crippen LogP contribution in [0, 0.1) is 0 Å². The topological polar surface area (TPSA) is 162 Å². The Hall–Kier alpha value is -2.77. The van der Waals surface area contributed by atoms with E-state index in [1.807, 2.05) is 18.2 Å². The van der Waals surface area contributed by atoms with Crippen LogP contribution in [0.25, 0.3) is 0 Å². The van der Waals surface area contributed by atoms with Crippen molar-refractivity contribution in [3.05, 3.63) is 35.9 Å². The maximum Gasteiger partial charge on any atom is 0.409 e. The molecule has 3 rings (SSSR count). The van der Waals surface area contributed by atoms with Crippen molar-refractivity contribution >= 4 is 18.0 Å². The quantitative estimate of drug-likeness (QED) is 0.148. The molecule has 0 saturated carbocycles. The van der Waals surface area contributed by atoms with Crippen molar-refractivity contribution in [3.8, 4) is 0 Å². The summed E-state index contributed by atoms with van der Waals surface area (Å²) in [5.74, 6) is -1.90. The third-order valence-corrected chi connectivity index (χ3v) is 5.63. The van der Waals surface area contributed by atoms with E-state index in [0.717, 1.165) is 18.7 Å². The van der Waals surface area contributed by atoms with Crippen molar-refractivity contribution in [1.82, 2.24) is 32.1 Å². The van der Waals surface area contributed by atoms with E-state index in [1.54, 1.807) is 12.1 Å². The Bertz CT molecular complexity index is 800. The summed E-state index contributed by atoms with van der Waals surface area (Å²) in [5, 5.41) is 24.7. The molecule has 2 heterocycles. The molecule has 0 aliphatic carbocycles. The molecule has 12 heteroatoms. The number of amides is 2. The Morgan fingerprint density at radius 1 is 1.09 bits per heavy atom. The van der Waals surface area contributed by atoms with Crippen LogP contribution in [0.4, 0.5) is 4.79 Å². The second-order valence-corrected chi connectivity index (χ2v) is 8.32. The molecule has 2 aliphatic rings. The van der Waals surface area contributed by atoms with Gasteiger partial charge < -0.3 is 15.2 Å². The maximum atomic E-state index is 12.6. The highest BCUT2D eigenvalue weighted by molar-refractivity contribution is 5.89. The van der Waals surface area contributed by atoms with E-state index in [4.69, 9.17) is 9.57 Å². The molecule has 0 radical (unpaired) electrons. The number of carboxylic acid groups (broad SMARTS) is 1. The van der Waals surface area contributed by atoms with Gasteiger partial charge >= 0.3 is 12.1 Å². The number of ether oxygens (including phenoxy) is 1. The number of carboxylic acids is 1. The predicted octanol–water partition coefficient (Wildman–Crippen LogP) is -0.270. The van der Waals surface area contributed by atoms with Crippen LogP contribution < -0.4 is 32.1 Å². The first-order valence-electron chi connectivity index (χ1n) is 11.6. The molecule has 34 heavy (non-hydrogen) atoms. The van der Waals surface area contributed by atoms with Crippen LogP contribution in [0.3, 0.4) is 0 Å². The number of benzene rings is 1. The highest BCUT2D eigenvalue weighted by Crippen LogP contribution is 2.16. The van der Waals surface area contributed by atoms with Crippen molar-refractivity contribution in [2.45, 2.75) is 56.8 Å². The molecule has 188 valence electrons. The van der Waals surface area contributed by atoms with Crippen molar-refractivity contribution in [2.24, 2.45) is 0 Å². The van der Waals surface area contributed by atoms with E-state index < -0.39 is 23.6 Å². The number of nitrogens with one attached hydrogen (secondary N) is 6. The molecular weight excluding hydrogens is 444 g/mol. The van der Waals surface area contributed by atoms with Gasteiger partial charge in [0.15, 0.2) is 0 Å². The predicted molar refractivity (Wildman–Crippen MR) is 122 cm³/mol. The number of alkyl carbamates (subject to hydrolysis) is 1. The summed E-state index contributed by atoms with van der Waals surface area (Å²) in [4.78, 5) is 42.7. The summed E-state index contributed by atoms with van der Waals surface area (Å²) in [6.07, 6.45) is 0.419. The lowest BCUT2D eigenvalue weighted by Gasteiger charge is -2.31. The van der Waals surface area contributed by atoms with E-state index in [-0.39, 0.29) is 31.8 Å². The number of hydrogen-bond donors (Lipinski definition) is 7. The summed E-state index contributed by atoms with van der Waals surface area (Å²) < 4.78 is 5.22. The first-order chi connectivity index (χ1) is 16.5. The van der Waals surface area contributed by atoms with Gasteiger partial charge in [-0.1, -0.05) is 30.3 Å². The fraction of sp³-hybridized carbons (Fsp3) is 0.591. The average Bonchev–Trinajstić information content (AvgIpc) is 3.52. The second kappa shape index (κ2) is 13.2. The molecule has 1 aromatic rings. The van der Waals surface area contributed by atoms with Crippen LogP contribution >= 0.6 is 0 Å². The smallest absolute Gasteiger partial charge is 0.409 e. The molecular formula is C22H34N6O6. The van der Waals surface area contributed by atoms with Gasteiger partial charge in [-0.25, -0.2) is 15.1 Å². The van der Waals surface area contributed by atoms with Gasteiger partial charge in [0.05, 0.1) is 12.5 Å². The van der Waals surface area contributed by atoms with Crippen LogP contribution in [-0.4, -0.2) is 67.3 Å². The van der Waals surface area contributed by atoms with Gasteiger partial charge in [0.2, 0.25) is 11.6 Å². The Morgan fingerprint density at radius 3 is 2.53 bits per heavy atom. The number of carbonyl (C=O) groups excluding carboxylic acids is 2. The maximum absolute atomic E-state index is 12.6. The van der Waals surface area contributed by atoms with Crippen LogP contribution in [0.1, 0.15) is 37.7 Å². The zero-order valence-corrected chi connectivity index (χ0v) is 19.1. The molecule has 7 N–H and O–H groups in total. The van der Waals surface area contributed by atoms with Gasteiger partial charge in [0.25, 0.3) is 0 Å². The fourth-order valence-electron chi connectivity index (χ4n) is 3.81. The standard InChI is InChI=1S/C22H34N6O6/c29-18(14-17-8-11-26-34-17)27-22(19(30)31,9-4-5-10-23-20-24-12-13-25-20)28-21(32)33-15-16-6-2-1-3-7-16/h1-3,6-7,17,20,23-26H,4-5,8-15H2,(H,27,29)(H,28,32)(H,30,31). The fourth-order valence-corrected chi connectivity index (χ4v) is 3.81. The second-order valence-electron chi connectivity index (χ2n) is 8.32. The Kier molecular flexibility index (Phi) is 10.0. The van der Waals surface area contributed by atoms with Crippen molar-refractivity contribution < 1.29 is 29.1 Å². The third-order valence-electron chi connectivity index (χ3n) is 5.63. The molecule has 0 aromatic heterocycles. The number of unbranched alkanes of at least 4 members (excludes halogenated alkanes) is 1. The third kappa shape index (κ3) is 8.22. The monoisotopic (exact) mass is 478 g/mol. The molecule has 2 fully saturated rings. The molecule has 2 amide bonds. The number of hydroxylamine groups is 1.